The zero-order valence-electron chi connectivity index (χ0n) is 64.9. The number of carbonyl (C=O) groups excluding carboxylic acids is 3. The molecule has 0 radical (unpaired) electrons. The van der Waals surface area contributed by atoms with Crippen LogP contribution in [0.3, 0.4) is 0 Å². The van der Waals surface area contributed by atoms with Gasteiger partial charge in [-0.2, -0.15) is 23.4 Å². The number of nitriles is 1. The van der Waals surface area contributed by atoms with Gasteiger partial charge in [0.2, 0.25) is 23.6 Å². The van der Waals surface area contributed by atoms with Crippen LogP contribution in [0.4, 0.5) is 30.6 Å². The molecule has 0 unspecified atom stereocenters. The van der Waals surface area contributed by atoms with Crippen LogP contribution in [-0.2, 0) is 40.2 Å². The Kier molecular flexibility index (Phi) is 25.5. The number of halogens is 3. The summed E-state index contributed by atoms with van der Waals surface area (Å²) in [5, 5.41) is 23.1. The lowest BCUT2D eigenvalue weighted by atomic mass is 10.2. The Morgan fingerprint density at radius 1 is 0.353 bits per heavy atom. The average molecular weight is 1580 g/mol. The number of alkyl halides is 3. The molecule has 0 atom stereocenters. The predicted molar refractivity (Wildman–Crippen MR) is 427 cm³/mol. The van der Waals surface area contributed by atoms with Gasteiger partial charge in [0.25, 0.3) is 0 Å². The number of hydrogen-bond acceptors (Lipinski definition) is 23. The second-order valence-electron chi connectivity index (χ2n) is 26.7. The van der Waals surface area contributed by atoms with Gasteiger partial charge in [0, 0.05) is 130 Å². The van der Waals surface area contributed by atoms with E-state index in [1.54, 1.807) is 81.0 Å². The number of ether oxygens (including phenoxy) is 7. The number of pyridine rings is 3. The van der Waals surface area contributed by atoms with Gasteiger partial charge in [-0.1, -0.05) is 6.07 Å². The van der Waals surface area contributed by atoms with Crippen molar-refractivity contribution < 1.29 is 60.7 Å². The fourth-order valence-electron chi connectivity index (χ4n) is 13.1. The summed E-state index contributed by atoms with van der Waals surface area (Å²) in [7, 11) is 11.3. The number of nitrogens with zero attached hydrogens (tertiary/aromatic N) is 19. The average Bonchev–Trinajstić information content (AvgIpc) is 1.66. The van der Waals surface area contributed by atoms with E-state index in [-0.39, 0.29) is 37.4 Å². The van der Waals surface area contributed by atoms with Crippen molar-refractivity contribution in [3.8, 4) is 115 Å². The fraction of sp³-hybridized carbons (Fsp3) is 0.274. The highest BCUT2D eigenvalue weighted by Crippen LogP contribution is 2.33. The molecule has 12 aromatic rings. The molecule has 116 heavy (non-hydrogen) atoms. The summed E-state index contributed by atoms with van der Waals surface area (Å²) in [6.07, 6.45) is -2.03. The number of anilines is 3. The maximum Gasteiger partial charge on any atom is 0.417 e. The van der Waals surface area contributed by atoms with E-state index in [0.717, 1.165) is 80.3 Å². The van der Waals surface area contributed by atoms with E-state index in [0.29, 0.717) is 142 Å². The molecule has 3 saturated heterocycles. The molecule has 0 N–H and O–H groups in total. The smallest absolute Gasteiger partial charge is 0.417 e. The van der Waals surface area contributed by atoms with Crippen molar-refractivity contribution in [2.24, 2.45) is 0 Å². The van der Waals surface area contributed by atoms with Gasteiger partial charge < -0.3 is 62.6 Å². The Hall–Kier alpha value is -14.1. The van der Waals surface area contributed by atoms with E-state index < -0.39 is 11.7 Å². The Balaban J connectivity index is 0.000000151. The standard InChI is InChI=1S/C28H27F3N6O3.C28H27N7O3.C28H30N6O4/c1-39-22-8-3-19(4-9-22)26-33-27(20-5-10-23(40-2)11-6-20)37(34-26)18-25(38)36-15-13-35(14-16-36)24-12-7-21(17-32-24)28(29,30)31;1-37-23-8-4-21(5-9-23)27-31-28(22-6-10-24(38-2)11-7-22)35(32-27)19-26(36)34-15-13-33(14-16-34)25-12-3-20(17-29)18-30-25;1-36-22-11-7-20(8-12-22)27-30-28(21-9-13-23(37-2)14-10-21)34(31-27)19-26(35)33-17-15-32(16-18-33)24-5-4-6-25(29-24)38-3/h3-12,17H,13-16,18H2,1-2H3;3-12,18H,13-16,19H2,1-2H3;4-14H,15-19H2,1-3H3. The number of piperazine rings is 3. The number of rotatable bonds is 22. The van der Waals surface area contributed by atoms with E-state index in [2.05, 4.69) is 35.9 Å². The van der Waals surface area contributed by atoms with Gasteiger partial charge in [-0.05, 0) is 176 Å². The molecule has 3 aliphatic heterocycles. The van der Waals surface area contributed by atoms with Gasteiger partial charge in [-0.3, -0.25) is 14.4 Å². The Bertz CT molecular complexity index is 5320. The van der Waals surface area contributed by atoms with Crippen molar-refractivity contribution in [1.82, 2.24) is 73.9 Å². The summed E-state index contributed by atoms with van der Waals surface area (Å²) in [6, 6.07) is 58.6. The summed E-state index contributed by atoms with van der Waals surface area (Å²) in [5.41, 5.74) is 4.64. The quantitative estimate of drug-likeness (QED) is 0.0609. The van der Waals surface area contributed by atoms with Crippen LogP contribution in [0.15, 0.2) is 200 Å². The third-order valence-corrected chi connectivity index (χ3v) is 19.7. The van der Waals surface area contributed by atoms with Gasteiger partial charge in [-0.25, -0.2) is 39.0 Å². The molecule has 0 saturated carbocycles. The molecule has 596 valence electrons. The lowest BCUT2D eigenvalue weighted by Gasteiger charge is -2.35. The molecule has 3 amide bonds. The Morgan fingerprint density at radius 3 is 0.922 bits per heavy atom. The molecule has 15 rings (SSSR count). The minimum Gasteiger partial charge on any atom is -0.497 e. The molecule has 6 aromatic carbocycles. The first-order valence-electron chi connectivity index (χ1n) is 37.1. The highest BCUT2D eigenvalue weighted by Gasteiger charge is 2.33. The summed E-state index contributed by atoms with van der Waals surface area (Å²) >= 11 is 0. The first-order valence-corrected chi connectivity index (χ1v) is 37.1. The van der Waals surface area contributed by atoms with Crippen LogP contribution in [0.1, 0.15) is 11.1 Å². The molecule has 3 fully saturated rings. The largest absolute Gasteiger partial charge is 0.497 e. The monoisotopic (exact) mass is 1580 g/mol. The van der Waals surface area contributed by atoms with Crippen molar-refractivity contribution in [2.45, 2.75) is 25.8 Å². The fourth-order valence-corrected chi connectivity index (χ4v) is 13.1. The van der Waals surface area contributed by atoms with Crippen LogP contribution in [0.5, 0.6) is 40.4 Å². The molecular formula is C84H84F3N19O10. The van der Waals surface area contributed by atoms with Crippen LogP contribution in [0, 0.1) is 11.3 Å². The van der Waals surface area contributed by atoms with Gasteiger partial charge in [0.05, 0.1) is 60.9 Å². The van der Waals surface area contributed by atoms with Crippen molar-refractivity contribution in [3.05, 3.63) is 212 Å². The van der Waals surface area contributed by atoms with E-state index >= 15 is 0 Å². The molecule has 0 bridgehead atoms. The van der Waals surface area contributed by atoms with Crippen molar-refractivity contribution >= 4 is 35.2 Å². The van der Waals surface area contributed by atoms with Crippen LogP contribution < -0.4 is 47.9 Å². The third-order valence-electron chi connectivity index (χ3n) is 19.7. The first kappa shape index (κ1) is 79.9. The second kappa shape index (κ2) is 37.0. The molecule has 32 heteroatoms. The van der Waals surface area contributed by atoms with Gasteiger partial charge >= 0.3 is 6.18 Å². The van der Waals surface area contributed by atoms with Gasteiger partial charge in [0.1, 0.15) is 77.7 Å². The number of amides is 3. The van der Waals surface area contributed by atoms with Crippen LogP contribution >= 0.6 is 0 Å². The number of benzene rings is 6. The maximum atomic E-state index is 13.4. The van der Waals surface area contributed by atoms with Crippen LogP contribution in [0.25, 0.3) is 68.3 Å². The lowest BCUT2D eigenvalue weighted by molar-refractivity contribution is -0.138. The van der Waals surface area contributed by atoms with E-state index in [1.807, 2.05) is 185 Å². The summed E-state index contributed by atoms with van der Waals surface area (Å²) in [4.78, 5) is 78.8. The topological polar surface area (TPSA) is 290 Å². The zero-order valence-corrected chi connectivity index (χ0v) is 64.9. The Labute approximate surface area is 667 Å². The third kappa shape index (κ3) is 19.5. The van der Waals surface area contributed by atoms with Crippen molar-refractivity contribution in [2.75, 3.05) is 143 Å². The van der Waals surface area contributed by atoms with E-state index in [9.17, 15) is 27.6 Å². The van der Waals surface area contributed by atoms with Crippen molar-refractivity contribution in [3.63, 3.8) is 0 Å². The van der Waals surface area contributed by atoms with Gasteiger partial charge in [-0.15, -0.1) is 15.3 Å². The SMILES string of the molecule is COc1ccc(-c2nc(-c3ccc(OC)cc3)n(CC(=O)N3CCN(c4ccc(C#N)cn4)CC3)n2)cc1.COc1ccc(-c2nc(-c3ccc(OC)cc3)n(CC(=O)N3CCN(c4ccc(C(F)(F)F)cn4)CC3)n2)cc1.COc1ccc(-c2nc(-c3ccc(OC)cc3)n(CC(=O)N3CCN(c4cccc(OC)n4)CC3)n2)cc1. The Morgan fingerprint density at radius 2 is 0.655 bits per heavy atom. The predicted octanol–water partition coefficient (Wildman–Crippen LogP) is 11.0. The van der Waals surface area contributed by atoms with E-state index in [1.165, 1.54) is 6.07 Å². The summed E-state index contributed by atoms with van der Waals surface area (Å²) in [5.74, 6) is 10.2. The number of hydrogen-bond donors (Lipinski definition) is 0. The zero-order chi connectivity index (χ0) is 81.2. The minimum absolute atomic E-state index is 0.0100. The molecule has 6 aromatic heterocycles. The van der Waals surface area contributed by atoms with Crippen molar-refractivity contribution in [1.29, 1.82) is 5.26 Å². The summed E-state index contributed by atoms with van der Waals surface area (Å²) in [6.45, 7) is 6.84. The molecule has 0 aliphatic carbocycles. The maximum absolute atomic E-state index is 13.4. The number of carbonyl (C=O) groups is 3. The first-order chi connectivity index (χ1) is 56.4. The number of aromatic nitrogens is 12. The van der Waals surface area contributed by atoms with Crippen LogP contribution in [-0.4, -0.2) is 220 Å². The highest BCUT2D eigenvalue weighted by atomic mass is 19.4. The molecular weight excluding hydrogens is 1490 g/mol. The second-order valence-corrected chi connectivity index (χ2v) is 26.7. The van der Waals surface area contributed by atoms with Crippen LogP contribution in [0.2, 0.25) is 0 Å². The molecule has 0 spiro atoms. The highest BCUT2D eigenvalue weighted by molar-refractivity contribution is 5.79. The minimum atomic E-state index is -4.43. The molecule has 9 heterocycles. The lowest BCUT2D eigenvalue weighted by Crippen LogP contribution is -2.50. The summed E-state index contributed by atoms with van der Waals surface area (Å²) < 4.78 is 80.4. The van der Waals surface area contributed by atoms with Gasteiger partial charge in [0.15, 0.2) is 34.9 Å². The van der Waals surface area contributed by atoms with E-state index in [4.69, 9.17) is 63.6 Å². The normalized spacial score (nSPS) is 13.5. The molecule has 29 nitrogen and oxygen atoms in total. The molecule has 3 aliphatic rings. The number of methoxy groups -OCH3 is 7.